The maximum atomic E-state index is 12.5. The molecular formula is C21H22N2O2. The van der Waals surface area contributed by atoms with Gasteiger partial charge in [0, 0.05) is 31.3 Å². The third-order valence-electron chi connectivity index (χ3n) is 5.37. The number of carbonyl (C=O) groups is 2. The Bertz CT molecular complexity index is 844. The van der Waals surface area contributed by atoms with E-state index < -0.39 is 0 Å². The number of hydrogen-bond acceptors (Lipinski definition) is 2. The van der Waals surface area contributed by atoms with Gasteiger partial charge < -0.3 is 10.2 Å². The lowest BCUT2D eigenvalue weighted by atomic mass is 9.97. The van der Waals surface area contributed by atoms with Crippen molar-refractivity contribution in [2.24, 2.45) is 0 Å². The fourth-order valence-electron chi connectivity index (χ4n) is 3.98. The molecule has 0 aromatic heterocycles. The number of likely N-dealkylation sites (N-methyl/N-ethyl adjacent to an activating group) is 1. The fourth-order valence-corrected chi connectivity index (χ4v) is 3.98. The highest BCUT2D eigenvalue weighted by atomic mass is 16.2. The minimum atomic E-state index is 0.0425. The molecule has 0 radical (unpaired) electrons. The zero-order chi connectivity index (χ0) is 17.4. The van der Waals surface area contributed by atoms with Gasteiger partial charge in [0.05, 0.1) is 0 Å². The molecule has 0 fully saturated rings. The molecule has 4 nitrogen and oxygen atoms in total. The normalized spacial score (nSPS) is 18.7. The molecule has 2 amide bonds. The molecule has 2 aromatic rings. The Labute approximate surface area is 147 Å². The number of benzene rings is 2. The molecule has 128 valence electrons. The SMILES string of the molecule is CN1CCc2cc(NC(=O)CC3CCc4ccccc43)ccc2C1=O. The van der Waals surface area contributed by atoms with Crippen LogP contribution in [-0.2, 0) is 17.6 Å². The summed E-state index contributed by atoms with van der Waals surface area (Å²) in [6.45, 7) is 0.724. The van der Waals surface area contributed by atoms with Crippen molar-refractivity contribution in [2.45, 2.75) is 31.6 Å². The fraction of sp³-hybridized carbons (Fsp3) is 0.333. The van der Waals surface area contributed by atoms with Crippen LogP contribution in [0.1, 0.15) is 45.8 Å². The minimum Gasteiger partial charge on any atom is -0.341 e. The van der Waals surface area contributed by atoms with E-state index in [1.54, 1.807) is 4.90 Å². The summed E-state index contributed by atoms with van der Waals surface area (Å²) in [6.07, 6.45) is 3.44. The molecule has 0 bridgehead atoms. The second kappa shape index (κ2) is 6.36. The molecular weight excluding hydrogens is 312 g/mol. The van der Waals surface area contributed by atoms with Crippen molar-refractivity contribution in [1.29, 1.82) is 0 Å². The van der Waals surface area contributed by atoms with Crippen LogP contribution in [0.25, 0.3) is 0 Å². The maximum Gasteiger partial charge on any atom is 0.253 e. The smallest absolute Gasteiger partial charge is 0.253 e. The standard InChI is InChI=1S/C21H22N2O2/c1-23-11-10-16-12-17(8-9-19(16)21(23)25)22-20(24)13-15-7-6-14-4-2-3-5-18(14)15/h2-5,8-9,12,15H,6-7,10-11,13H2,1H3,(H,22,24). The Morgan fingerprint density at radius 2 is 2.00 bits per heavy atom. The predicted octanol–water partition coefficient (Wildman–Crippen LogP) is 3.37. The summed E-state index contributed by atoms with van der Waals surface area (Å²) in [5.41, 5.74) is 5.24. The van der Waals surface area contributed by atoms with Crippen LogP contribution in [0, 0.1) is 0 Å². The van der Waals surface area contributed by atoms with Crippen LogP contribution in [0.3, 0.4) is 0 Å². The van der Waals surface area contributed by atoms with Gasteiger partial charge in [-0.15, -0.1) is 0 Å². The van der Waals surface area contributed by atoms with Crippen LogP contribution in [-0.4, -0.2) is 30.3 Å². The second-order valence-corrected chi connectivity index (χ2v) is 7.04. The zero-order valence-electron chi connectivity index (χ0n) is 14.4. The Hall–Kier alpha value is -2.62. The number of amides is 2. The first-order chi connectivity index (χ1) is 12.1. The highest BCUT2D eigenvalue weighted by Crippen LogP contribution is 2.35. The van der Waals surface area contributed by atoms with E-state index in [9.17, 15) is 9.59 Å². The molecule has 2 aliphatic rings. The molecule has 2 aromatic carbocycles. The molecule has 25 heavy (non-hydrogen) atoms. The number of carbonyl (C=O) groups excluding carboxylic acids is 2. The van der Waals surface area contributed by atoms with E-state index in [0.717, 1.165) is 42.6 Å². The largest absolute Gasteiger partial charge is 0.341 e. The zero-order valence-corrected chi connectivity index (χ0v) is 14.4. The van der Waals surface area contributed by atoms with E-state index in [-0.39, 0.29) is 11.8 Å². The van der Waals surface area contributed by atoms with Gasteiger partial charge in [-0.05, 0) is 60.1 Å². The lowest BCUT2D eigenvalue weighted by Crippen LogP contribution is -2.34. The van der Waals surface area contributed by atoms with E-state index in [2.05, 4.69) is 23.5 Å². The summed E-state index contributed by atoms with van der Waals surface area (Å²) in [7, 11) is 1.82. The third kappa shape index (κ3) is 3.04. The highest BCUT2D eigenvalue weighted by molar-refractivity contribution is 5.98. The Morgan fingerprint density at radius 1 is 1.16 bits per heavy atom. The Morgan fingerprint density at radius 3 is 2.88 bits per heavy atom. The monoisotopic (exact) mass is 334 g/mol. The molecule has 0 spiro atoms. The van der Waals surface area contributed by atoms with Crippen LogP contribution >= 0.6 is 0 Å². The lowest BCUT2D eigenvalue weighted by Gasteiger charge is -2.25. The summed E-state index contributed by atoms with van der Waals surface area (Å²) in [4.78, 5) is 26.3. The highest BCUT2D eigenvalue weighted by Gasteiger charge is 2.25. The van der Waals surface area contributed by atoms with Gasteiger partial charge in [0.15, 0.2) is 0 Å². The third-order valence-corrected chi connectivity index (χ3v) is 5.37. The van der Waals surface area contributed by atoms with Gasteiger partial charge in [-0.3, -0.25) is 9.59 Å². The molecule has 1 aliphatic carbocycles. The summed E-state index contributed by atoms with van der Waals surface area (Å²) in [5.74, 6) is 0.409. The molecule has 1 heterocycles. The molecule has 0 saturated carbocycles. The summed E-state index contributed by atoms with van der Waals surface area (Å²) in [6, 6.07) is 14.0. The van der Waals surface area contributed by atoms with Crippen molar-refractivity contribution >= 4 is 17.5 Å². The van der Waals surface area contributed by atoms with Crippen LogP contribution < -0.4 is 5.32 Å². The van der Waals surface area contributed by atoms with Gasteiger partial charge in [-0.25, -0.2) is 0 Å². The Balaban J connectivity index is 1.45. The molecule has 4 rings (SSSR count). The molecule has 1 N–H and O–H groups in total. The number of anilines is 1. The van der Waals surface area contributed by atoms with Crippen LogP contribution in [0.5, 0.6) is 0 Å². The number of rotatable bonds is 3. The van der Waals surface area contributed by atoms with Crippen molar-refractivity contribution in [3.05, 3.63) is 64.7 Å². The Kier molecular flexibility index (Phi) is 4.04. The van der Waals surface area contributed by atoms with Gasteiger partial charge in [-0.2, -0.15) is 0 Å². The van der Waals surface area contributed by atoms with Gasteiger partial charge >= 0.3 is 0 Å². The van der Waals surface area contributed by atoms with E-state index in [0.29, 0.717) is 12.3 Å². The molecule has 1 aliphatic heterocycles. The first-order valence-corrected chi connectivity index (χ1v) is 8.88. The van der Waals surface area contributed by atoms with Gasteiger partial charge in [0.2, 0.25) is 5.91 Å². The maximum absolute atomic E-state index is 12.5. The van der Waals surface area contributed by atoms with E-state index in [1.807, 2.05) is 31.3 Å². The molecule has 0 saturated heterocycles. The molecule has 1 atom stereocenters. The average molecular weight is 334 g/mol. The molecule has 1 unspecified atom stereocenters. The number of nitrogens with one attached hydrogen (secondary N) is 1. The number of aryl methyl sites for hydroxylation is 1. The number of nitrogens with zero attached hydrogens (tertiary/aromatic N) is 1. The minimum absolute atomic E-state index is 0.0425. The molecule has 4 heteroatoms. The van der Waals surface area contributed by atoms with Gasteiger partial charge in [0.1, 0.15) is 0 Å². The number of hydrogen-bond donors (Lipinski definition) is 1. The van der Waals surface area contributed by atoms with Crippen molar-refractivity contribution in [2.75, 3.05) is 18.9 Å². The summed E-state index contributed by atoms with van der Waals surface area (Å²) in [5, 5.41) is 3.01. The van der Waals surface area contributed by atoms with Crippen molar-refractivity contribution in [3.8, 4) is 0 Å². The summed E-state index contributed by atoms with van der Waals surface area (Å²) < 4.78 is 0. The lowest BCUT2D eigenvalue weighted by molar-refractivity contribution is -0.116. The van der Waals surface area contributed by atoms with Gasteiger partial charge in [-0.1, -0.05) is 24.3 Å². The van der Waals surface area contributed by atoms with Gasteiger partial charge in [0.25, 0.3) is 5.91 Å². The summed E-state index contributed by atoms with van der Waals surface area (Å²) >= 11 is 0. The van der Waals surface area contributed by atoms with Crippen LogP contribution in [0.15, 0.2) is 42.5 Å². The van der Waals surface area contributed by atoms with E-state index >= 15 is 0 Å². The van der Waals surface area contributed by atoms with Crippen LogP contribution in [0.4, 0.5) is 5.69 Å². The van der Waals surface area contributed by atoms with Crippen LogP contribution in [0.2, 0.25) is 0 Å². The topological polar surface area (TPSA) is 49.4 Å². The predicted molar refractivity (Wildman–Crippen MR) is 97.9 cm³/mol. The van der Waals surface area contributed by atoms with E-state index in [4.69, 9.17) is 0 Å². The van der Waals surface area contributed by atoms with Crippen molar-refractivity contribution in [3.63, 3.8) is 0 Å². The second-order valence-electron chi connectivity index (χ2n) is 7.04. The van der Waals surface area contributed by atoms with Crippen molar-refractivity contribution < 1.29 is 9.59 Å². The van der Waals surface area contributed by atoms with Crippen molar-refractivity contribution in [1.82, 2.24) is 4.90 Å². The first-order valence-electron chi connectivity index (χ1n) is 8.88. The first kappa shape index (κ1) is 15.9. The van der Waals surface area contributed by atoms with E-state index in [1.165, 1.54) is 11.1 Å². The number of fused-ring (bicyclic) bond motifs is 2. The average Bonchev–Trinajstić information content (AvgIpc) is 3.01. The quantitative estimate of drug-likeness (QED) is 0.935.